The lowest BCUT2D eigenvalue weighted by Crippen LogP contribution is -2.19. The van der Waals surface area contributed by atoms with Gasteiger partial charge in [0.1, 0.15) is 11.5 Å². The fourth-order valence-electron chi connectivity index (χ4n) is 2.08. The van der Waals surface area contributed by atoms with Crippen LogP contribution in [-0.2, 0) is 11.2 Å². The van der Waals surface area contributed by atoms with Crippen LogP contribution < -0.4 is 10.1 Å². The number of nitrogens with one attached hydrogen (secondary N) is 1. The number of benzene rings is 1. The van der Waals surface area contributed by atoms with Gasteiger partial charge in [-0.1, -0.05) is 15.9 Å². The topological polar surface area (TPSA) is 38.3 Å². The molecule has 4 heteroatoms. The lowest BCUT2D eigenvalue weighted by molar-refractivity contribution is -0.121. The second-order valence-corrected chi connectivity index (χ2v) is 5.14. The number of methoxy groups -OCH3 is 1. The van der Waals surface area contributed by atoms with Crippen LogP contribution in [0.2, 0.25) is 0 Å². The molecule has 1 saturated heterocycles. The molecule has 0 spiro atoms. The normalized spacial score (nSPS) is 19.3. The van der Waals surface area contributed by atoms with Crippen LogP contribution in [0.5, 0.6) is 5.75 Å². The van der Waals surface area contributed by atoms with Gasteiger partial charge in [0.2, 0.25) is 0 Å². The molecule has 1 aromatic rings. The van der Waals surface area contributed by atoms with E-state index in [1.54, 1.807) is 7.11 Å². The molecule has 1 N–H and O–H groups in total. The van der Waals surface area contributed by atoms with Gasteiger partial charge in [-0.25, -0.2) is 0 Å². The zero-order valence-electron chi connectivity index (χ0n) is 9.83. The highest BCUT2D eigenvalue weighted by atomic mass is 79.9. The van der Waals surface area contributed by atoms with Gasteiger partial charge in [-0.2, -0.15) is 0 Å². The fourth-order valence-corrected chi connectivity index (χ4v) is 2.46. The Balaban J connectivity index is 2.09. The molecule has 92 valence electrons. The molecule has 1 fully saturated rings. The van der Waals surface area contributed by atoms with Gasteiger partial charge in [0.25, 0.3) is 0 Å². The van der Waals surface area contributed by atoms with E-state index < -0.39 is 0 Å². The number of ketones is 1. The van der Waals surface area contributed by atoms with Crippen LogP contribution in [0.3, 0.4) is 0 Å². The van der Waals surface area contributed by atoms with E-state index in [4.69, 9.17) is 4.74 Å². The zero-order chi connectivity index (χ0) is 12.3. The summed E-state index contributed by atoms with van der Waals surface area (Å²) in [6.45, 7) is 1.77. The maximum absolute atomic E-state index is 12.1. The van der Waals surface area contributed by atoms with Crippen molar-refractivity contribution in [3.63, 3.8) is 0 Å². The minimum atomic E-state index is 0.174. The van der Waals surface area contributed by atoms with Crippen LogP contribution >= 0.6 is 15.9 Å². The third-order valence-corrected chi connectivity index (χ3v) is 3.91. The van der Waals surface area contributed by atoms with Crippen LogP contribution in [0, 0.1) is 5.92 Å². The summed E-state index contributed by atoms with van der Waals surface area (Å²) in [7, 11) is 1.63. The average molecular weight is 298 g/mol. The first-order valence-electron chi connectivity index (χ1n) is 5.76. The molecule has 2 rings (SSSR count). The minimum absolute atomic E-state index is 0.174. The van der Waals surface area contributed by atoms with E-state index in [1.807, 2.05) is 18.2 Å². The number of hydrogen-bond donors (Lipinski definition) is 1. The second-order valence-electron chi connectivity index (χ2n) is 4.29. The van der Waals surface area contributed by atoms with Crippen molar-refractivity contribution in [2.24, 2.45) is 5.92 Å². The van der Waals surface area contributed by atoms with E-state index in [-0.39, 0.29) is 5.92 Å². The Bertz CT molecular complexity index is 414. The van der Waals surface area contributed by atoms with Crippen molar-refractivity contribution in [3.8, 4) is 5.75 Å². The molecule has 0 bridgehead atoms. The molecule has 1 atom stereocenters. The predicted molar refractivity (Wildman–Crippen MR) is 70.4 cm³/mol. The molecule has 1 aromatic carbocycles. The Morgan fingerprint density at radius 1 is 1.59 bits per heavy atom. The van der Waals surface area contributed by atoms with Crippen LogP contribution in [0.1, 0.15) is 12.0 Å². The van der Waals surface area contributed by atoms with Crippen LogP contribution in [-0.4, -0.2) is 26.0 Å². The summed E-state index contributed by atoms with van der Waals surface area (Å²) in [6, 6.07) is 5.73. The van der Waals surface area contributed by atoms with Gasteiger partial charge < -0.3 is 10.1 Å². The van der Waals surface area contributed by atoms with Gasteiger partial charge in [-0.15, -0.1) is 0 Å². The Morgan fingerprint density at radius 3 is 3.06 bits per heavy atom. The second kappa shape index (κ2) is 5.65. The summed E-state index contributed by atoms with van der Waals surface area (Å²) in [4.78, 5) is 12.1. The molecule has 0 aromatic heterocycles. The van der Waals surface area contributed by atoms with Crippen molar-refractivity contribution in [2.75, 3.05) is 20.2 Å². The smallest absolute Gasteiger partial charge is 0.141 e. The highest BCUT2D eigenvalue weighted by molar-refractivity contribution is 9.10. The molecular weight excluding hydrogens is 282 g/mol. The highest BCUT2D eigenvalue weighted by Crippen LogP contribution is 2.24. The molecule has 1 aliphatic rings. The van der Waals surface area contributed by atoms with Crippen molar-refractivity contribution in [2.45, 2.75) is 12.8 Å². The average Bonchev–Trinajstić information content (AvgIpc) is 2.85. The van der Waals surface area contributed by atoms with Gasteiger partial charge in [0.15, 0.2) is 0 Å². The number of rotatable bonds is 4. The summed E-state index contributed by atoms with van der Waals surface area (Å²) in [5.41, 5.74) is 1.00. The van der Waals surface area contributed by atoms with Crippen LogP contribution in [0.25, 0.3) is 0 Å². The Morgan fingerprint density at radius 2 is 2.41 bits per heavy atom. The molecule has 0 saturated carbocycles. The molecule has 0 amide bonds. The van der Waals surface area contributed by atoms with Gasteiger partial charge in [-0.3, -0.25) is 4.79 Å². The van der Waals surface area contributed by atoms with Crippen molar-refractivity contribution < 1.29 is 9.53 Å². The van der Waals surface area contributed by atoms with Gasteiger partial charge in [0, 0.05) is 23.4 Å². The van der Waals surface area contributed by atoms with E-state index >= 15 is 0 Å². The Hall–Kier alpha value is -0.870. The van der Waals surface area contributed by atoms with Gasteiger partial charge in [0.05, 0.1) is 7.11 Å². The molecule has 1 heterocycles. The quantitative estimate of drug-likeness (QED) is 0.926. The van der Waals surface area contributed by atoms with Crippen LogP contribution in [0.15, 0.2) is 22.7 Å². The number of halogens is 1. The maximum Gasteiger partial charge on any atom is 0.141 e. The first-order chi connectivity index (χ1) is 8.20. The first-order valence-corrected chi connectivity index (χ1v) is 6.56. The van der Waals surface area contributed by atoms with E-state index in [9.17, 15) is 4.79 Å². The third kappa shape index (κ3) is 3.07. The monoisotopic (exact) mass is 297 g/mol. The van der Waals surface area contributed by atoms with Gasteiger partial charge >= 0.3 is 0 Å². The first kappa shape index (κ1) is 12.6. The fraction of sp³-hybridized carbons (Fsp3) is 0.462. The van der Waals surface area contributed by atoms with Crippen molar-refractivity contribution >= 4 is 21.7 Å². The highest BCUT2D eigenvalue weighted by Gasteiger charge is 2.22. The standard InChI is InChI=1S/C13H16BrNO2/c1-17-11-2-3-12(14)10(6-11)7-13(16)9-4-5-15-8-9/h2-3,6,9,15H,4-5,7-8H2,1H3. The van der Waals surface area contributed by atoms with Crippen molar-refractivity contribution in [1.82, 2.24) is 5.32 Å². The van der Waals surface area contributed by atoms with E-state index in [0.29, 0.717) is 12.2 Å². The van der Waals surface area contributed by atoms with Crippen LogP contribution in [0.4, 0.5) is 0 Å². The minimum Gasteiger partial charge on any atom is -0.497 e. The summed E-state index contributed by atoms with van der Waals surface area (Å²) >= 11 is 3.47. The van der Waals surface area contributed by atoms with E-state index in [1.165, 1.54) is 0 Å². The summed E-state index contributed by atoms with van der Waals surface area (Å²) in [6.07, 6.45) is 1.44. The predicted octanol–water partition coefficient (Wildman–Crippen LogP) is 2.18. The lowest BCUT2D eigenvalue weighted by atomic mass is 9.97. The molecule has 17 heavy (non-hydrogen) atoms. The molecular formula is C13H16BrNO2. The lowest BCUT2D eigenvalue weighted by Gasteiger charge is -2.10. The number of carbonyl (C=O) groups is 1. The Kier molecular flexibility index (Phi) is 4.18. The molecule has 0 aliphatic carbocycles. The Labute approximate surface area is 110 Å². The SMILES string of the molecule is COc1ccc(Br)c(CC(=O)C2CCNC2)c1. The summed E-state index contributed by atoms with van der Waals surface area (Å²) in [5, 5.41) is 3.22. The van der Waals surface area contributed by atoms with Gasteiger partial charge in [-0.05, 0) is 36.7 Å². The number of ether oxygens (including phenoxy) is 1. The number of hydrogen-bond acceptors (Lipinski definition) is 3. The number of Topliss-reactive ketones (excluding diaryl/α,β-unsaturated/α-hetero) is 1. The van der Waals surface area contributed by atoms with E-state index in [0.717, 1.165) is 35.3 Å². The van der Waals surface area contributed by atoms with E-state index in [2.05, 4.69) is 21.2 Å². The zero-order valence-corrected chi connectivity index (χ0v) is 11.4. The molecule has 1 unspecified atom stereocenters. The molecule has 0 radical (unpaired) electrons. The maximum atomic E-state index is 12.1. The number of carbonyl (C=O) groups excluding carboxylic acids is 1. The van der Waals surface area contributed by atoms with Crippen molar-refractivity contribution in [1.29, 1.82) is 0 Å². The summed E-state index contributed by atoms with van der Waals surface area (Å²) < 4.78 is 6.14. The largest absolute Gasteiger partial charge is 0.497 e. The third-order valence-electron chi connectivity index (χ3n) is 3.13. The summed E-state index contributed by atoms with van der Waals surface area (Å²) in [5.74, 6) is 1.28. The van der Waals surface area contributed by atoms with Crippen molar-refractivity contribution in [3.05, 3.63) is 28.2 Å². The molecule has 3 nitrogen and oxygen atoms in total. The molecule has 1 aliphatic heterocycles.